The molecule has 0 aromatic carbocycles. The van der Waals surface area contributed by atoms with Gasteiger partial charge in [-0.25, -0.2) is 4.79 Å². The molecular weight excluding hydrogens is 322 g/mol. The van der Waals surface area contributed by atoms with Gasteiger partial charge in [-0.2, -0.15) is 0 Å². The van der Waals surface area contributed by atoms with Crippen molar-refractivity contribution in [3.63, 3.8) is 0 Å². The molecular formula is C18H21N3O4. The van der Waals surface area contributed by atoms with Crippen molar-refractivity contribution in [3.05, 3.63) is 46.2 Å². The molecule has 7 heteroatoms. The summed E-state index contributed by atoms with van der Waals surface area (Å²) in [5, 5.41) is 2.69. The molecule has 2 aromatic heterocycles. The number of carbonyl (C=O) groups excluding carboxylic acids is 3. The second kappa shape index (κ2) is 5.61. The van der Waals surface area contributed by atoms with E-state index in [0.717, 1.165) is 16.3 Å². The summed E-state index contributed by atoms with van der Waals surface area (Å²) in [6, 6.07) is 2.88. The van der Waals surface area contributed by atoms with Crippen LogP contribution in [0.3, 0.4) is 0 Å². The number of aromatic amines is 1. The van der Waals surface area contributed by atoms with E-state index in [2.05, 4.69) is 10.3 Å². The molecule has 3 heterocycles. The fourth-order valence-corrected chi connectivity index (χ4v) is 3.39. The van der Waals surface area contributed by atoms with Crippen LogP contribution in [0.4, 0.5) is 4.79 Å². The topological polar surface area (TPSA) is 95.4 Å². The van der Waals surface area contributed by atoms with Crippen LogP contribution in [0.2, 0.25) is 0 Å². The Balaban J connectivity index is 1.88. The number of H-pyrrole nitrogens is 1. The van der Waals surface area contributed by atoms with Crippen molar-refractivity contribution in [1.29, 1.82) is 0 Å². The number of carbonyl (C=O) groups is 3. The molecule has 2 N–H and O–H groups in total. The Morgan fingerprint density at radius 1 is 1.20 bits per heavy atom. The van der Waals surface area contributed by atoms with Crippen LogP contribution in [0.15, 0.2) is 16.5 Å². The van der Waals surface area contributed by atoms with Gasteiger partial charge >= 0.3 is 6.03 Å². The number of hydrogen-bond donors (Lipinski definition) is 2. The number of aromatic nitrogens is 1. The van der Waals surface area contributed by atoms with Gasteiger partial charge in [0, 0.05) is 22.5 Å². The fraction of sp³-hybridized carbons (Fsp3) is 0.389. The highest BCUT2D eigenvalue weighted by Crippen LogP contribution is 2.33. The number of amides is 3. The minimum atomic E-state index is -1.23. The highest BCUT2D eigenvalue weighted by Gasteiger charge is 2.51. The molecule has 3 amide bonds. The highest BCUT2D eigenvalue weighted by molar-refractivity contribution is 6.11. The van der Waals surface area contributed by atoms with Gasteiger partial charge in [0.2, 0.25) is 0 Å². The summed E-state index contributed by atoms with van der Waals surface area (Å²) in [5.41, 5.74) is 1.43. The van der Waals surface area contributed by atoms with E-state index in [1.54, 1.807) is 39.8 Å². The van der Waals surface area contributed by atoms with Gasteiger partial charge in [0.1, 0.15) is 17.1 Å². The van der Waals surface area contributed by atoms with Crippen LogP contribution in [0.5, 0.6) is 0 Å². The predicted molar refractivity (Wildman–Crippen MR) is 90.4 cm³/mol. The number of rotatable bonds is 4. The SMILES string of the molecule is Cc1cc(C(=O)CN2C(=O)N[C@@](C)(c3cc(C)oc3C)C2=O)c(C)[nH]1. The van der Waals surface area contributed by atoms with Gasteiger partial charge in [-0.05, 0) is 46.8 Å². The van der Waals surface area contributed by atoms with E-state index >= 15 is 0 Å². The van der Waals surface area contributed by atoms with Crippen LogP contribution in [-0.4, -0.2) is 34.2 Å². The first-order chi connectivity index (χ1) is 11.6. The third-order valence-electron chi connectivity index (χ3n) is 4.61. The Labute approximate surface area is 145 Å². The van der Waals surface area contributed by atoms with Crippen LogP contribution in [0.1, 0.15) is 45.8 Å². The summed E-state index contributed by atoms with van der Waals surface area (Å²) >= 11 is 0. The smallest absolute Gasteiger partial charge is 0.325 e. The lowest BCUT2D eigenvalue weighted by molar-refractivity contribution is -0.130. The third kappa shape index (κ3) is 2.65. The molecule has 0 radical (unpaired) electrons. The monoisotopic (exact) mass is 343 g/mol. The number of aryl methyl sites for hydroxylation is 4. The highest BCUT2D eigenvalue weighted by atomic mass is 16.3. The van der Waals surface area contributed by atoms with Crippen molar-refractivity contribution < 1.29 is 18.8 Å². The third-order valence-corrected chi connectivity index (χ3v) is 4.61. The number of urea groups is 1. The van der Waals surface area contributed by atoms with E-state index in [0.29, 0.717) is 22.6 Å². The zero-order valence-electron chi connectivity index (χ0n) is 14.9. The van der Waals surface area contributed by atoms with Crippen LogP contribution in [0, 0.1) is 27.7 Å². The molecule has 132 valence electrons. The molecule has 0 bridgehead atoms. The molecule has 25 heavy (non-hydrogen) atoms. The summed E-state index contributed by atoms with van der Waals surface area (Å²) in [6.45, 7) is 8.48. The molecule has 2 aromatic rings. The molecule has 0 aliphatic carbocycles. The normalized spacial score (nSPS) is 20.3. The Hall–Kier alpha value is -2.83. The van der Waals surface area contributed by atoms with Crippen molar-refractivity contribution in [2.75, 3.05) is 6.54 Å². The average molecular weight is 343 g/mol. The first kappa shape index (κ1) is 17.0. The number of furan rings is 1. The lowest BCUT2D eigenvalue weighted by Gasteiger charge is -2.21. The first-order valence-corrected chi connectivity index (χ1v) is 8.04. The molecule has 1 aliphatic heterocycles. The van der Waals surface area contributed by atoms with E-state index in [4.69, 9.17) is 4.42 Å². The van der Waals surface area contributed by atoms with E-state index in [1.165, 1.54) is 0 Å². The predicted octanol–water partition coefficient (Wildman–Crippen LogP) is 2.49. The van der Waals surface area contributed by atoms with Gasteiger partial charge in [0.15, 0.2) is 5.78 Å². The van der Waals surface area contributed by atoms with Gasteiger partial charge in [-0.1, -0.05) is 0 Å². The molecule has 1 atom stereocenters. The quantitative estimate of drug-likeness (QED) is 0.658. The molecule has 0 spiro atoms. The fourth-order valence-electron chi connectivity index (χ4n) is 3.39. The average Bonchev–Trinajstić information content (AvgIpc) is 3.10. The van der Waals surface area contributed by atoms with Crippen molar-refractivity contribution >= 4 is 17.7 Å². The lowest BCUT2D eigenvalue weighted by Crippen LogP contribution is -2.41. The molecule has 1 saturated heterocycles. The van der Waals surface area contributed by atoms with Crippen LogP contribution >= 0.6 is 0 Å². The van der Waals surface area contributed by atoms with E-state index in [-0.39, 0.29) is 12.3 Å². The molecule has 0 saturated carbocycles. The van der Waals surface area contributed by atoms with Crippen molar-refractivity contribution in [3.8, 4) is 0 Å². The van der Waals surface area contributed by atoms with E-state index in [1.807, 2.05) is 6.92 Å². The maximum absolute atomic E-state index is 12.9. The maximum atomic E-state index is 12.9. The standard InChI is InChI=1S/C18H21N3O4/c1-9-6-13(11(3)19-9)15(22)8-21-16(23)18(5,20-17(21)24)14-7-10(2)25-12(14)4/h6-7,19H,8H2,1-5H3,(H,20,24)/t18-/m0/s1. The summed E-state index contributed by atoms with van der Waals surface area (Å²) in [5.74, 6) is 0.483. The lowest BCUT2D eigenvalue weighted by atomic mass is 9.92. The Bertz CT molecular complexity index is 892. The number of ketones is 1. The van der Waals surface area contributed by atoms with Gasteiger partial charge in [0.05, 0.1) is 6.54 Å². The summed E-state index contributed by atoms with van der Waals surface area (Å²) in [7, 11) is 0. The Kier molecular flexibility index (Phi) is 3.82. The van der Waals surface area contributed by atoms with Crippen LogP contribution < -0.4 is 5.32 Å². The molecule has 3 rings (SSSR count). The molecule has 1 aliphatic rings. The van der Waals surface area contributed by atoms with E-state index in [9.17, 15) is 14.4 Å². The van der Waals surface area contributed by atoms with Gasteiger partial charge in [-0.15, -0.1) is 0 Å². The zero-order chi connectivity index (χ0) is 18.5. The van der Waals surface area contributed by atoms with Crippen molar-refractivity contribution in [1.82, 2.24) is 15.2 Å². The first-order valence-electron chi connectivity index (χ1n) is 8.04. The molecule has 0 unspecified atom stereocenters. The number of imide groups is 1. The minimum absolute atomic E-state index is 0.283. The van der Waals surface area contributed by atoms with Gasteiger partial charge in [0.25, 0.3) is 5.91 Å². The summed E-state index contributed by atoms with van der Waals surface area (Å²) < 4.78 is 5.49. The second-order valence-corrected chi connectivity index (χ2v) is 6.69. The van der Waals surface area contributed by atoms with Crippen molar-refractivity contribution in [2.45, 2.75) is 40.2 Å². The number of hydrogen-bond acceptors (Lipinski definition) is 4. The zero-order valence-corrected chi connectivity index (χ0v) is 14.9. The minimum Gasteiger partial charge on any atom is -0.466 e. The largest absolute Gasteiger partial charge is 0.466 e. The summed E-state index contributed by atoms with van der Waals surface area (Å²) in [4.78, 5) is 41.8. The Morgan fingerprint density at radius 3 is 2.40 bits per heavy atom. The number of Topliss-reactive ketones (excluding diaryl/α,β-unsaturated/α-hetero) is 1. The van der Waals surface area contributed by atoms with E-state index < -0.39 is 17.5 Å². The van der Waals surface area contributed by atoms with Crippen molar-refractivity contribution in [2.24, 2.45) is 0 Å². The maximum Gasteiger partial charge on any atom is 0.325 e. The van der Waals surface area contributed by atoms with Crippen LogP contribution in [0.25, 0.3) is 0 Å². The second-order valence-electron chi connectivity index (χ2n) is 6.69. The van der Waals surface area contributed by atoms with Gasteiger partial charge < -0.3 is 14.7 Å². The van der Waals surface area contributed by atoms with Gasteiger partial charge in [-0.3, -0.25) is 14.5 Å². The number of nitrogens with one attached hydrogen (secondary N) is 2. The molecule has 7 nitrogen and oxygen atoms in total. The molecule has 1 fully saturated rings. The number of nitrogens with zero attached hydrogens (tertiary/aromatic N) is 1. The Morgan fingerprint density at radius 2 is 1.88 bits per heavy atom. The van der Waals surface area contributed by atoms with Crippen LogP contribution in [-0.2, 0) is 10.3 Å². The summed E-state index contributed by atoms with van der Waals surface area (Å²) in [6.07, 6.45) is 0.